The van der Waals surface area contributed by atoms with Gasteiger partial charge in [0.2, 0.25) is 5.89 Å². The summed E-state index contributed by atoms with van der Waals surface area (Å²) in [7, 11) is 0. The Morgan fingerprint density at radius 3 is 2.62 bits per heavy atom. The van der Waals surface area contributed by atoms with Crippen molar-refractivity contribution in [3.8, 4) is 0 Å². The molecule has 0 saturated carbocycles. The lowest BCUT2D eigenvalue weighted by atomic mass is 9.94. The summed E-state index contributed by atoms with van der Waals surface area (Å²) in [5, 5.41) is 3.79. The second-order valence-electron chi connectivity index (χ2n) is 6.42. The molecule has 0 unspecified atom stereocenters. The minimum absolute atomic E-state index is 0.232. The van der Waals surface area contributed by atoms with Crippen LogP contribution in [0.4, 0.5) is 4.79 Å². The van der Waals surface area contributed by atoms with E-state index in [9.17, 15) is 4.79 Å². The Morgan fingerprint density at radius 2 is 2.10 bits per heavy atom. The molecule has 1 amide bonds. The van der Waals surface area contributed by atoms with Gasteiger partial charge in [0.15, 0.2) is 5.82 Å². The highest BCUT2D eigenvalue weighted by Gasteiger charge is 2.27. The van der Waals surface area contributed by atoms with Gasteiger partial charge >= 0.3 is 6.09 Å². The molecule has 7 heteroatoms. The first kappa shape index (κ1) is 15.8. The van der Waals surface area contributed by atoms with Crippen LogP contribution in [0.5, 0.6) is 0 Å². The topological polar surface area (TPSA) is 94.5 Å². The summed E-state index contributed by atoms with van der Waals surface area (Å²) in [6.45, 7) is 7.34. The predicted molar refractivity (Wildman–Crippen MR) is 76.4 cm³/mol. The minimum atomic E-state index is -0.448. The maximum absolute atomic E-state index is 12.0. The fraction of sp³-hybridized carbons (Fsp3) is 0.786. The Labute approximate surface area is 124 Å². The Bertz CT molecular complexity index is 473. The molecule has 118 valence electrons. The fourth-order valence-electron chi connectivity index (χ4n) is 2.35. The lowest BCUT2D eigenvalue weighted by Gasteiger charge is -2.33. The van der Waals surface area contributed by atoms with Crippen LogP contribution in [0.2, 0.25) is 0 Å². The molecule has 1 aromatic rings. The number of hydrogen-bond acceptors (Lipinski definition) is 6. The van der Waals surface area contributed by atoms with Gasteiger partial charge in [0.1, 0.15) is 5.60 Å². The average Bonchev–Trinajstić information content (AvgIpc) is 2.85. The quantitative estimate of drug-likeness (QED) is 0.912. The molecule has 1 fully saturated rings. The molecule has 1 saturated heterocycles. The van der Waals surface area contributed by atoms with Gasteiger partial charge in [-0.2, -0.15) is 4.98 Å². The summed E-state index contributed by atoms with van der Waals surface area (Å²) in [5.74, 6) is 1.62. The van der Waals surface area contributed by atoms with E-state index in [0.717, 1.165) is 19.3 Å². The largest absolute Gasteiger partial charge is 0.444 e. The van der Waals surface area contributed by atoms with E-state index in [2.05, 4.69) is 10.1 Å². The van der Waals surface area contributed by atoms with Crippen LogP contribution in [0.15, 0.2) is 4.52 Å². The van der Waals surface area contributed by atoms with Gasteiger partial charge in [0.25, 0.3) is 0 Å². The van der Waals surface area contributed by atoms with Gasteiger partial charge in [-0.3, -0.25) is 0 Å². The summed E-state index contributed by atoms with van der Waals surface area (Å²) >= 11 is 0. The smallest absolute Gasteiger partial charge is 0.410 e. The van der Waals surface area contributed by atoms with Gasteiger partial charge in [-0.05, 0) is 39.5 Å². The van der Waals surface area contributed by atoms with Crippen LogP contribution in [-0.2, 0) is 17.7 Å². The van der Waals surface area contributed by atoms with Crippen molar-refractivity contribution in [3.05, 3.63) is 11.7 Å². The highest BCUT2D eigenvalue weighted by molar-refractivity contribution is 5.68. The zero-order valence-electron chi connectivity index (χ0n) is 13.0. The molecular weight excluding hydrogens is 272 g/mol. The molecule has 1 aliphatic heterocycles. The SMILES string of the molecule is CC(C)(C)OC(=O)N1CCC(Cc2nc(CN)no2)CC1. The molecule has 0 spiro atoms. The third kappa shape index (κ3) is 4.70. The molecule has 21 heavy (non-hydrogen) atoms. The zero-order chi connectivity index (χ0) is 15.5. The van der Waals surface area contributed by atoms with Gasteiger partial charge < -0.3 is 19.9 Å². The maximum atomic E-state index is 12.0. The van der Waals surface area contributed by atoms with E-state index in [0.29, 0.717) is 37.3 Å². The van der Waals surface area contributed by atoms with Crippen LogP contribution in [0, 0.1) is 5.92 Å². The highest BCUT2D eigenvalue weighted by Crippen LogP contribution is 2.22. The van der Waals surface area contributed by atoms with E-state index in [1.165, 1.54) is 0 Å². The molecule has 1 aromatic heterocycles. The number of carbonyl (C=O) groups excluding carboxylic acids is 1. The molecule has 0 aliphatic carbocycles. The lowest BCUT2D eigenvalue weighted by molar-refractivity contribution is 0.0182. The molecule has 0 radical (unpaired) electrons. The van der Waals surface area contributed by atoms with Crippen molar-refractivity contribution in [2.24, 2.45) is 11.7 Å². The van der Waals surface area contributed by atoms with Crippen molar-refractivity contribution in [1.82, 2.24) is 15.0 Å². The minimum Gasteiger partial charge on any atom is -0.444 e. The third-order valence-corrected chi connectivity index (χ3v) is 3.42. The lowest BCUT2D eigenvalue weighted by Crippen LogP contribution is -2.42. The Kier molecular flexibility index (Phi) is 4.82. The normalized spacial score (nSPS) is 17.0. The Morgan fingerprint density at radius 1 is 1.43 bits per heavy atom. The van der Waals surface area contributed by atoms with Crippen molar-refractivity contribution >= 4 is 6.09 Å². The van der Waals surface area contributed by atoms with E-state index in [-0.39, 0.29) is 6.09 Å². The van der Waals surface area contributed by atoms with Crippen LogP contribution in [0.1, 0.15) is 45.3 Å². The van der Waals surface area contributed by atoms with Crippen molar-refractivity contribution in [3.63, 3.8) is 0 Å². The predicted octanol–water partition coefficient (Wildman–Crippen LogP) is 1.72. The first-order chi connectivity index (χ1) is 9.87. The molecule has 2 N–H and O–H groups in total. The third-order valence-electron chi connectivity index (χ3n) is 3.42. The summed E-state index contributed by atoms with van der Waals surface area (Å²) in [6.07, 6.45) is 2.35. The van der Waals surface area contributed by atoms with E-state index in [4.69, 9.17) is 15.0 Å². The molecule has 0 atom stereocenters. The first-order valence-electron chi connectivity index (χ1n) is 7.37. The van der Waals surface area contributed by atoms with Crippen molar-refractivity contribution < 1.29 is 14.1 Å². The summed E-state index contributed by atoms with van der Waals surface area (Å²) < 4.78 is 10.5. The number of likely N-dealkylation sites (tertiary alicyclic amines) is 1. The number of amides is 1. The van der Waals surface area contributed by atoms with Crippen molar-refractivity contribution in [2.45, 2.75) is 52.2 Å². The van der Waals surface area contributed by atoms with Crippen LogP contribution in [0.25, 0.3) is 0 Å². The average molecular weight is 296 g/mol. The van der Waals surface area contributed by atoms with Gasteiger partial charge in [-0.15, -0.1) is 0 Å². The van der Waals surface area contributed by atoms with Gasteiger partial charge in [0, 0.05) is 19.5 Å². The van der Waals surface area contributed by atoms with E-state index in [1.54, 1.807) is 4.90 Å². The van der Waals surface area contributed by atoms with Crippen LogP contribution in [-0.4, -0.2) is 39.8 Å². The van der Waals surface area contributed by atoms with E-state index >= 15 is 0 Å². The van der Waals surface area contributed by atoms with E-state index in [1.807, 2.05) is 20.8 Å². The zero-order valence-corrected chi connectivity index (χ0v) is 13.0. The molecular formula is C14H24N4O3. The van der Waals surface area contributed by atoms with Gasteiger partial charge in [-0.25, -0.2) is 4.79 Å². The summed E-state index contributed by atoms with van der Waals surface area (Å²) in [6, 6.07) is 0. The summed E-state index contributed by atoms with van der Waals surface area (Å²) in [5.41, 5.74) is 5.01. The second-order valence-corrected chi connectivity index (χ2v) is 6.42. The number of piperidine rings is 1. The van der Waals surface area contributed by atoms with E-state index < -0.39 is 5.60 Å². The first-order valence-corrected chi connectivity index (χ1v) is 7.37. The van der Waals surface area contributed by atoms with Crippen molar-refractivity contribution in [1.29, 1.82) is 0 Å². The monoisotopic (exact) mass is 296 g/mol. The number of ether oxygens (including phenoxy) is 1. The molecule has 0 bridgehead atoms. The molecule has 7 nitrogen and oxygen atoms in total. The van der Waals surface area contributed by atoms with Gasteiger partial charge in [0.05, 0.1) is 6.54 Å². The number of hydrogen-bond donors (Lipinski definition) is 1. The second kappa shape index (κ2) is 6.43. The Hall–Kier alpha value is -1.63. The number of rotatable bonds is 3. The Balaban J connectivity index is 1.79. The highest BCUT2D eigenvalue weighted by atomic mass is 16.6. The number of aromatic nitrogens is 2. The van der Waals surface area contributed by atoms with Crippen LogP contribution >= 0.6 is 0 Å². The molecule has 2 rings (SSSR count). The van der Waals surface area contributed by atoms with Crippen LogP contribution < -0.4 is 5.73 Å². The van der Waals surface area contributed by atoms with Crippen molar-refractivity contribution in [2.75, 3.05) is 13.1 Å². The summed E-state index contributed by atoms with van der Waals surface area (Å²) in [4.78, 5) is 18.0. The van der Waals surface area contributed by atoms with Gasteiger partial charge in [-0.1, -0.05) is 5.16 Å². The molecule has 2 heterocycles. The fourth-order valence-corrected chi connectivity index (χ4v) is 2.35. The van der Waals surface area contributed by atoms with Crippen LogP contribution in [0.3, 0.4) is 0 Å². The number of nitrogens with two attached hydrogens (primary N) is 1. The number of carbonyl (C=O) groups is 1. The standard InChI is InChI=1S/C14H24N4O3/c1-14(2,3)20-13(19)18-6-4-10(5-7-18)8-12-16-11(9-15)17-21-12/h10H,4-9,15H2,1-3H3. The molecule has 1 aliphatic rings. The maximum Gasteiger partial charge on any atom is 0.410 e. The molecule has 0 aromatic carbocycles. The number of nitrogens with zero attached hydrogens (tertiary/aromatic N) is 3.